The zero-order valence-electron chi connectivity index (χ0n) is 8.21. The number of aromatic nitrogens is 2. The molecule has 0 aliphatic rings. The largest absolute Gasteiger partial charge is 0.278 e. The van der Waals surface area contributed by atoms with E-state index in [-0.39, 0.29) is 5.56 Å². The number of nitrogens with zero attached hydrogens (tertiary/aromatic N) is 1. The molecule has 0 radical (unpaired) electrons. The van der Waals surface area contributed by atoms with Crippen molar-refractivity contribution < 1.29 is 0 Å². The fourth-order valence-electron chi connectivity index (χ4n) is 1.35. The predicted molar refractivity (Wildman–Crippen MR) is 66.8 cm³/mol. The molecule has 1 heterocycles. The van der Waals surface area contributed by atoms with Crippen LogP contribution in [0.2, 0.25) is 5.02 Å². The topological polar surface area (TPSA) is 45.8 Å². The van der Waals surface area contributed by atoms with Crippen molar-refractivity contribution in [3.05, 3.63) is 61.4 Å². The van der Waals surface area contributed by atoms with E-state index in [9.17, 15) is 4.79 Å². The quantitative estimate of drug-likeness (QED) is 0.927. The van der Waals surface area contributed by atoms with Crippen LogP contribution >= 0.6 is 27.5 Å². The van der Waals surface area contributed by atoms with Gasteiger partial charge < -0.3 is 0 Å². The Labute approximate surface area is 106 Å². The van der Waals surface area contributed by atoms with Gasteiger partial charge in [0.15, 0.2) is 0 Å². The van der Waals surface area contributed by atoms with E-state index in [1.165, 1.54) is 0 Å². The molecule has 1 N–H and O–H groups in total. The van der Waals surface area contributed by atoms with Gasteiger partial charge in [-0.05, 0) is 33.6 Å². The molecule has 0 aliphatic carbocycles. The number of rotatable bonds is 2. The fraction of sp³-hybridized carbons (Fsp3) is 0.0909. The molecule has 0 aliphatic heterocycles. The van der Waals surface area contributed by atoms with Crippen LogP contribution in [0, 0.1) is 0 Å². The van der Waals surface area contributed by atoms with E-state index in [0.717, 1.165) is 11.3 Å². The molecule has 3 nitrogen and oxygen atoms in total. The Morgan fingerprint density at radius 2 is 2.12 bits per heavy atom. The number of aromatic amines is 1. The van der Waals surface area contributed by atoms with Crippen molar-refractivity contribution in [1.29, 1.82) is 0 Å². The zero-order chi connectivity index (χ0) is 11.5. The van der Waals surface area contributed by atoms with Crippen LogP contribution in [0.5, 0.6) is 0 Å². The Kier molecular flexibility index (Phi) is 3.41. The first kappa shape index (κ1) is 11.4. The predicted octanol–water partition coefficient (Wildman–Crippen LogP) is 2.78. The number of nitrogens with one attached hydrogen (secondary N) is 1. The van der Waals surface area contributed by atoms with Gasteiger partial charge in [-0.2, -0.15) is 5.10 Å². The third-order valence-electron chi connectivity index (χ3n) is 2.14. The maximum absolute atomic E-state index is 11.1. The van der Waals surface area contributed by atoms with Gasteiger partial charge >= 0.3 is 0 Å². The third-order valence-corrected chi connectivity index (χ3v) is 3.10. The van der Waals surface area contributed by atoms with Crippen LogP contribution in [0.25, 0.3) is 0 Å². The van der Waals surface area contributed by atoms with E-state index in [2.05, 4.69) is 26.1 Å². The Hall–Kier alpha value is -1.13. The summed E-state index contributed by atoms with van der Waals surface area (Å²) in [6.45, 7) is 0. The second-order valence-electron chi connectivity index (χ2n) is 3.30. The van der Waals surface area contributed by atoms with Crippen LogP contribution in [0.1, 0.15) is 11.3 Å². The van der Waals surface area contributed by atoms with Gasteiger partial charge in [0.05, 0.1) is 10.2 Å². The Morgan fingerprint density at radius 3 is 2.81 bits per heavy atom. The van der Waals surface area contributed by atoms with Crippen molar-refractivity contribution in [2.45, 2.75) is 6.42 Å². The summed E-state index contributed by atoms with van der Waals surface area (Å²) >= 11 is 9.19. The maximum atomic E-state index is 11.1. The first-order valence-corrected chi connectivity index (χ1v) is 5.81. The van der Waals surface area contributed by atoms with Gasteiger partial charge in [0.1, 0.15) is 0 Å². The van der Waals surface area contributed by atoms with Gasteiger partial charge in [0.2, 0.25) is 0 Å². The van der Waals surface area contributed by atoms with E-state index in [0.29, 0.717) is 15.9 Å². The van der Waals surface area contributed by atoms with Crippen molar-refractivity contribution in [3.8, 4) is 0 Å². The highest BCUT2D eigenvalue weighted by atomic mass is 79.9. The van der Waals surface area contributed by atoms with Gasteiger partial charge in [0, 0.05) is 11.4 Å². The average Bonchev–Trinajstić information content (AvgIpc) is 2.27. The summed E-state index contributed by atoms with van der Waals surface area (Å²) in [4.78, 5) is 11.1. The molecule has 82 valence electrons. The second kappa shape index (κ2) is 4.80. The summed E-state index contributed by atoms with van der Waals surface area (Å²) in [6.07, 6.45) is 0.592. The molecule has 0 amide bonds. The summed E-state index contributed by atoms with van der Waals surface area (Å²) in [5.74, 6) is 0. The van der Waals surface area contributed by atoms with E-state index in [1.807, 2.05) is 24.3 Å². The molecule has 0 saturated carbocycles. The van der Waals surface area contributed by atoms with Gasteiger partial charge in [0.25, 0.3) is 5.56 Å². The van der Waals surface area contributed by atoms with Crippen LogP contribution in [0.3, 0.4) is 0 Å². The van der Waals surface area contributed by atoms with Gasteiger partial charge in [-0.3, -0.25) is 4.79 Å². The highest BCUT2D eigenvalue weighted by Gasteiger charge is 2.04. The Bertz CT molecular complexity index is 568. The molecule has 2 rings (SSSR count). The Morgan fingerprint density at radius 1 is 1.38 bits per heavy atom. The summed E-state index contributed by atoms with van der Waals surface area (Å²) in [7, 11) is 0. The van der Waals surface area contributed by atoms with Crippen LogP contribution in [-0.2, 0) is 6.42 Å². The summed E-state index contributed by atoms with van der Waals surface area (Å²) in [5.41, 5.74) is 1.51. The third kappa shape index (κ3) is 2.51. The highest BCUT2D eigenvalue weighted by molar-refractivity contribution is 9.10. The number of hydrogen-bond acceptors (Lipinski definition) is 2. The zero-order valence-corrected chi connectivity index (χ0v) is 10.5. The first-order valence-electron chi connectivity index (χ1n) is 4.64. The lowest BCUT2D eigenvalue weighted by Gasteiger charge is -2.03. The molecule has 0 unspecified atom stereocenters. The molecule has 0 bridgehead atoms. The molecule has 0 saturated heterocycles. The lowest BCUT2D eigenvalue weighted by molar-refractivity contribution is 0.903. The molecule has 0 spiro atoms. The van der Waals surface area contributed by atoms with Gasteiger partial charge in [-0.1, -0.05) is 29.8 Å². The minimum atomic E-state index is -0.233. The lowest BCUT2D eigenvalue weighted by Crippen LogP contribution is -2.10. The van der Waals surface area contributed by atoms with Crippen molar-refractivity contribution in [2.24, 2.45) is 0 Å². The van der Waals surface area contributed by atoms with E-state index >= 15 is 0 Å². The SMILES string of the molecule is O=c1[nH]nc(Cc2ccccc2Cl)cc1Br. The fourth-order valence-corrected chi connectivity index (χ4v) is 1.90. The minimum absolute atomic E-state index is 0.233. The monoisotopic (exact) mass is 298 g/mol. The smallest absolute Gasteiger partial charge is 0.267 e. The van der Waals surface area contributed by atoms with Crippen LogP contribution in [0.15, 0.2) is 39.6 Å². The second-order valence-corrected chi connectivity index (χ2v) is 4.57. The van der Waals surface area contributed by atoms with Crippen molar-refractivity contribution >= 4 is 27.5 Å². The summed E-state index contributed by atoms with van der Waals surface area (Å²) in [5, 5.41) is 7.06. The molecule has 1 aromatic carbocycles. The number of hydrogen-bond donors (Lipinski definition) is 1. The molecule has 0 atom stereocenters. The van der Waals surface area contributed by atoms with Crippen molar-refractivity contribution in [2.75, 3.05) is 0 Å². The van der Waals surface area contributed by atoms with Gasteiger partial charge in [-0.25, -0.2) is 5.10 Å². The molecular weight excluding hydrogens is 291 g/mol. The van der Waals surface area contributed by atoms with Crippen LogP contribution in [0.4, 0.5) is 0 Å². The molecule has 5 heteroatoms. The lowest BCUT2D eigenvalue weighted by atomic mass is 10.1. The van der Waals surface area contributed by atoms with Gasteiger partial charge in [-0.15, -0.1) is 0 Å². The average molecular weight is 300 g/mol. The number of H-pyrrole nitrogens is 1. The van der Waals surface area contributed by atoms with Crippen LogP contribution < -0.4 is 5.56 Å². The minimum Gasteiger partial charge on any atom is -0.267 e. The summed E-state index contributed by atoms with van der Waals surface area (Å²) in [6, 6.07) is 9.26. The standard InChI is InChI=1S/C11H8BrClN2O/c12-9-6-8(14-15-11(9)16)5-7-3-1-2-4-10(7)13/h1-4,6H,5H2,(H,15,16). The van der Waals surface area contributed by atoms with E-state index in [1.54, 1.807) is 6.07 Å². The molecule has 0 fully saturated rings. The highest BCUT2D eigenvalue weighted by Crippen LogP contribution is 2.18. The Balaban J connectivity index is 2.31. The van der Waals surface area contributed by atoms with Crippen molar-refractivity contribution in [3.63, 3.8) is 0 Å². The van der Waals surface area contributed by atoms with E-state index in [4.69, 9.17) is 11.6 Å². The first-order chi connectivity index (χ1) is 7.66. The molecule has 1 aromatic heterocycles. The maximum Gasteiger partial charge on any atom is 0.278 e. The van der Waals surface area contributed by atoms with E-state index < -0.39 is 0 Å². The van der Waals surface area contributed by atoms with Crippen molar-refractivity contribution in [1.82, 2.24) is 10.2 Å². The van der Waals surface area contributed by atoms with Crippen LogP contribution in [-0.4, -0.2) is 10.2 Å². The normalized spacial score (nSPS) is 10.4. The summed E-state index contributed by atoms with van der Waals surface area (Å²) < 4.78 is 0.476. The molecule has 2 aromatic rings. The molecule has 16 heavy (non-hydrogen) atoms. The number of benzene rings is 1. The number of halogens is 2. The molecular formula is C11H8BrClN2O.